The van der Waals surface area contributed by atoms with E-state index in [-0.39, 0.29) is 5.91 Å². The van der Waals surface area contributed by atoms with Crippen molar-refractivity contribution in [3.63, 3.8) is 0 Å². The Kier molecular flexibility index (Phi) is 4.49. The molecule has 0 radical (unpaired) electrons. The molecule has 18 heavy (non-hydrogen) atoms. The zero-order chi connectivity index (χ0) is 13.0. The number of amides is 1. The van der Waals surface area contributed by atoms with Gasteiger partial charge >= 0.3 is 0 Å². The smallest absolute Gasteiger partial charge is 0.225 e. The molecule has 3 nitrogen and oxygen atoms in total. The van der Waals surface area contributed by atoms with Crippen LogP contribution < -0.4 is 5.32 Å². The molecule has 0 aliphatic rings. The van der Waals surface area contributed by atoms with Crippen molar-refractivity contribution in [3.05, 3.63) is 38.0 Å². The molecule has 5 heteroatoms. The van der Waals surface area contributed by atoms with Gasteiger partial charge in [0.2, 0.25) is 5.91 Å². The number of hydrogen-bond acceptors (Lipinski definition) is 4. The van der Waals surface area contributed by atoms with Gasteiger partial charge in [-0.1, -0.05) is 6.07 Å². The van der Waals surface area contributed by atoms with Crippen molar-refractivity contribution in [3.8, 4) is 0 Å². The largest absolute Gasteiger partial charge is 0.355 e. The summed E-state index contributed by atoms with van der Waals surface area (Å²) in [6, 6.07) is 3.96. The van der Waals surface area contributed by atoms with Crippen LogP contribution in [0.25, 0.3) is 0 Å². The van der Waals surface area contributed by atoms with Crippen LogP contribution in [-0.4, -0.2) is 17.4 Å². The molecule has 0 aromatic carbocycles. The van der Waals surface area contributed by atoms with E-state index in [9.17, 15) is 4.79 Å². The summed E-state index contributed by atoms with van der Waals surface area (Å²) >= 11 is 3.33. The average Bonchev–Trinajstić information content (AvgIpc) is 2.89. The Hall–Kier alpha value is -1.20. The molecule has 1 amide bonds. The van der Waals surface area contributed by atoms with Gasteiger partial charge in [-0.2, -0.15) is 0 Å². The number of carbonyl (C=O) groups excluding carboxylic acids is 1. The summed E-state index contributed by atoms with van der Waals surface area (Å²) < 4.78 is 0. The molecule has 1 N–H and O–H groups in total. The maximum Gasteiger partial charge on any atom is 0.225 e. The molecule has 0 fully saturated rings. The SMILES string of the molecule is Cc1nc(C)c(CCNC(=O)Cc2cccs2)s1. The fraction of sp³-hybridized carbons (Fsp3) is 0.385. The molecule has 2 heterocycles. The minimum Gasteiger partial charge on any atom is -0.355 e. The zero-order valence-electron chi connectivity index (χ0n) is 10.5. The van der Waals surface area contributed by atoms with Crippen molar-refractivity contribution < 1.29 is 4.79 Å². The van der Waals surface area contributed by atoms with Gasteiger partial charge in [0.15, 0.2) is 0 Å². The van der Waals surface area contributed by atoms with Crippen molar-refractivity contribution >= 4 is 28.6 Å². The third-order valence-corrected chi connectivity index (χ3v) is 4.60. The predicted molar refractivity (Wildman–Crippen MR) is 76.3 cm³/mol. The van der Waals surface area contributed by atoms with Gasteiger partial charge in [0.05, 0.1) is 17.1 Å². The summed E-state index contributed by atoms with van der Waals surface area (Å²) in [5, 5.41) is 6.03. The number of carbonyl (C=O) groups is 1. The van der Waals surface area contributed by atoms with E-state index in [0.717, 1.165) is 22.0 Å². The minimum absolute atomic E-state index is 0.0938. The molecule has 2 aromatic rings. The van der Waals surface area contributed by atoms with Crippen molar-refractivity contribution in [2.24, 2.45) is 0 Å². The van der Waals surface area contributed by atoms with Crippen LogP contribution >= 0.6 is 22.7 Å². The maximum atomic E-state index is 11.7. The predicted octanol–water partition coefficient (Wildman–Crippen LogP) is 2.72. The molecule has 0 bridgehead atoms. The van der Waals surface area contributed by atoms with Gasteiger partial charge < -0.3 is 5.32 Å². The number of rotatable bonds is 5. The van der Waals surface area contributed by atoms with Crippen LogP contribution in [0.1, 0.15) is 20.5 Å². The van der Waals surface area contributed by atoms with E-state index in [1.165, 1.54) is 4.88 Å². The van der Waals surface area contributed by atoms with Crippen LogP contribution in [0.2, 0.25) is 0 Å². The van der Waals surface area contributed by atoms with Crippen molar-refractivity contribution in [1.82, 2.24) is 10.3 Å². The van der Waals surface area contributed by atoms with Crippen molar-refractivity contribution in [2.45, 2.75) is 26.7 Å². The van der Waals surface area contributed by atoms with E-state index in [0.29, 0.717) is 13.0 Å². The van der Waals surface area contributed by atoms with E-state index in [1.54, 1.807) is 22.7 Å². The molecular weight excluding hydrogens is 264 g/mol. The fourth-order valence-electron chi connectivity index (χ4n) is 1.75. The molecule has 2 rings (SSSR count). The Morgan fingerprint density at radius 2 is 2.28 bits per heavy atom. The lowest BCUT2D eigenvalue weighted by Crippen LogP contribution is -2.26. The summed E-state index contributed by atoms with van der Waals surface area (Å²) in [5.74, 6) is 0.0938. The van der Waals surface area contributed by atoms with Gasteiger partial charge in [-0.25, -0.2) is 4.98 Å². The van der Waals surface area contributed by atoms with Crippen LogP contribution in [0.3, 0.4) is 0 Å². The molecule has 0 unspecified atom stereocenters. The van der Waals surface area contributed by atoms with Crippen molar-refractivity contribution in [2.75, 3.05) is 6.54 Å². The van der Waals surface area contributed by atoms with E-state index >= 15 is 0 Å². The van der Waals surface area contributed by atoms with Crippen LogP contribution in [0.15, 0.2) is 17.5 Å². The normalized spacial score (nSPS) is 10.6. The Morgan fingerprint density at radius 3 is 2.89 bits per heavy atom. The summed E-state index contributed by atoms with van der Waals surface area (Å²) in [5.41, 5.74) is 1.09. The first-order valence-corrected chi connectivity index (χ1v) is 7.57. The van der Waals surface area contributed by atoms with Crippen LogP contribution in [0, 0.1) is 13.8 Å². The molecule has 0 atom stereocenters. The number of nitrogens with zero attached hydrogens (tertiary/aromatic N) is 1. The van der Waals surface area contributed by atoms with E-state index < -0.39 is 0 Å². The molecule has 96 valence electrons. The Bertz CT molecular complexity index is 517. The van der Waals surface area contributed by atoms with E-state index in [2.05, 4.69) is 10.3 Å². The number of thiazole rings is 1. The third kappa shape index (κ3) is 3.65. The lowest BCUT2D eigenvalue weighted by atomic mass is 10.3. The molecule has 0 aliphatic heterocycles. The fourth-order valence-corrected chi connectivity index (χ4v) is 3.39. The van der Waals surface area contributed by atoms with Gasteiger partial charge in [-0.05, 0) is 25.3 Å². The first-order chi connectivity index (χ1) is 8.65. The zero-order valence-corrected chi connectivity index (χ0v) is 12.2. The molecule has 0 saturated carbocycles. The Morgan fingerprint density at radius 1 is 1.44 bits per heavy atom. The highest BCUT2D eigenvalue weighted by Crippen LogP contribution is 2.17. The first-order valence-electron chi connectivity index (χ1n) is 5.87. The van der Waals surface area contributed by atoms with Gasteiger partial charge in [-0.15, -0.1) is 22.7 Å². The Balaban J connectivity index is 1.75. The minimum atomic E-state index is 0.0938. The second-order valence-electron chi connectivity index (χ2n) is 4.10. The highest BCUT2D eigenvalue weighted by atomic mass is 32.1. The topological polar surface area (TPSA) is 42.0 Å². The summed E-state index contributed by atoms with van der Waals surface area (Å²) in [7, 11) is 0. The number of hydrogen-bond donors (Lipinski definition) is 1. The standard InChI is InChI=1S/C13H16N2OS2/c1-9-12(18-10(2)15-9)5-6-14-13(16)8-11-4-3-7-17-11/h3-4,7H,5-6,8H2,1-2H3,(H,14,16). The van der Waals surface area contributed by atoms with Crippen LogP contribution in [0.5, 0.6) is 0 Å². The Labute approximate surface area is 115 Å². The second-order valence-corrected chi connectivity index (χ2v) is 6.42. The number of nitrogens with one attached hydrogen (secondary N) is 1. The first kappa shape index (κ1) is 13.2. The molecule has 0 saturated heterocycles. The van der Waals surface area contributed by atoms with Gasteiger partial charge in [0.1, 0.15) is 0 Å². The molecule has 0 aliphatic carbocycles. The molecular formula is C13H16N2OS2. The third-order valence-electron chi connectivity index (χ3n) is 2.59. The molecule has 2 aromatic heterocycles. The maximum absolute atomic E-state index is 11.7. The van der Waals surface area contributed by atoms with Crippen molar-refractivity contribution in [1.29, 1.82) is 0 Å². The summed E-state index contributed by atoms with van der Waals surface area (Å²) in [6.07, 6.45) is 1.35. The lowest BCUT2D eigenvalue weighted by molar-refractivity contribution is -0.120. The highest BCUT2D eigenvalue weighted by Gasteiger charge is 2.06. The van der Waals surface area contributed by atoms with Gasteiger partial charge in [0, 0.05) is 22.7 Å². The average molecular weight is 280 g/mol. The van der Waals surface area contributed by atoms with Gasteiger partial charge in [-0.3, -0.25) is 4.79 Å². The van der Waals surface area contributed by atoms with Crippen LogP contribution in [-0.2, 0) is 17.6 Å². The van der Waals surface area contributed by atoms with E-state index in [1.807, 2.05) is 31.4 Å². The number of aryl methyl sites for hydroxylation is 2. The van der Waals surface area contributed by atoms with Gasteiger partial charge in [0.25, 0.3) is 0 Å². The second kappa shape index (κ2) is 6.11. The number of aromatic nitrogens is 1. The summed E-state index contributed by atoms with van der Waals surface area (Å²) in [4.78, 5) is 18.4. The monoisotopic (exact) mass is 280 g/mol. The highest BCUT2D eigenvalue weighted by molar-refractivity contribution is 7.11. The van der Waals surface area contributed by atoms with E-state index in [4.69, 9.17) is 0 Å². The lowest BCUT2D eigenvalue weighted by Gasteiger charge is -2.03. The number of thiophene rings is 1. The quantitative estimate of drug-likeness (QED) is 0.915. The summed E-state index contributed by atoms with van der Waals surface area (Å²) in [6.45, 7) is 4.72. The molecule has 0 spiro atoms. The van der Waals surface area contributed by atoms with Crippen LogP contribution in [0.4, 0.5) is 0 Å².